The predicted octanol–water partition coefficient (Wildman–Crippen LogP) is 4.13. The summed E-state index contributed by atoms with van der Waals surface area (Å²) in [7, 11) is 0. The van der Waals surface area contributed by atoms with Crippen LogP contribution in [0.25, 0.3) is 6.08 Å². The fourth-order valence-electron chi connectivity index (χ4n) is 2.12. The molecular weight excluding hydrogens is 348 g/mol. The summed E-state index contributed by atoms with van der Waals surface area (Å²) in [4.78, 5) is 25.0. The molecule has 0 aliphatic carbocycles. The van der Waals surface area contributed by atoms with E-state index < -0.39 is 11.9 Å². The van der Waals surface area contributed by atoms with Crippen molar-refractivity contribution in [2.75, 3.05) is 18.2 Å². The van der Waals surface area contributed by atoms with Gasteiger partial charge >= 0.3 is 5.97 Å². The summed E-state index contributed by atoms with van der Waals surface area (Å²) < 4.78 is 4.91. The second-order valence-corrected chi connectivity index (χ2v) is 6.07. The fourth-order valence-corrected chi connectivity index (χ4v) is 2.53. The van der Waals surface area contributed by atoms with E-state index in [1.807, 2.05) is 36.6 Å². The van der Waals surface area contributed by atoms with Gasteiger partial charge in [-0.3, -0.25) is 4.79 Å². The van der Waals surface area contributed by atoms with Crippen LogP contribution in [-0.4, -0.2) is 24.7 Å². The average Bonchev–Trinajstić information content (AvgIpc) is 2.67. The van der Waals surface area contributed by atoms with Crippen LogP contribution in [0.2, 0.25) is 0 Å². The van der Waals surface area contributed by atoms with Crippen LogP contribution in [0.15, 0.2) is 59.0 Å². The Bertz CT molecular complexity index is 850. The van der Waals surface area contributed by atoms with Crippen LogP contribution in [0, 0.1) is 11.3 Å². The number of thioether (sulfide) groups is 1. The smallest absolute Gasteiger partial charge is 0.338 e. The van der Waals surface area contributed by atoms with Crippen molar-refractivity contribution in [1.29, 1.82) is 5.26 Å². The minimum absolute atomic E-state index is 0.00336. The Morgan fingerprint density at radius 3 is 2.35 bits per heavy atom. The molecule has 0 aliphatic rings. The van der Waals surface area contributed by atoms with E-state index in [4.69, 9.17) is 4.74 Å². The van der Waals surface area contributed by atoms with Gasteiger partial charge in [-0.15, -0.1) is 11.8 Å². The maximum absolute atomic E-state index is 12.3. The minimum Gasteiger partial charge on any atom is -0.462 e. The molecule has 0 bridgehead atoms. The molecule has 0 unspecified atom stereocenters. The molecule has 2 aromatic carbocycles. The second kappa shape index (κ2) is 9.44. The summed E-state index contributed by atoms with van der Waals surface area (Å²) in [5.41, 5.74) is 1.65. The van der Waals surface area contributed by atoms with Crippen LogP contribution in [0.5, 0.6) is 0 Å². The minimum atomic E-state index is -0.509. The highest BCUT2D eigenvalue weighted by molar-refractivity contribution is 7.98. The number of hydrogen-bond donors (Lipinski definition) is 1. The maximum atomic E-state index is 12.3. The van der Waals surface area contributed by atoms with Gasteiger partial charge in [0, 0.05) is 10.6 Å². The molecule has 1 amide bonds. The molecule has 0 spiro atoms. The lowest BCUT2D eigenvalue weighted by Crippen LogP contribution is -2.13. The first-order valence-electron chi connectivity index (χ1n) is 7.91. The van der Waals surface area contributed by atoms with Crippen molar-refractivity contribution < 1.29 is 14.3 Å². The number of hydrogen-bond acceptors (Lipinski definition) is 5. The molecule has 5 nitrogen and oxygen atoms in total. The van der Waals surface area contributed by atoms with Gasteiger partial charge in [0.15, 0.2) is 0 Å². The van der Waals surface area contributed by atoms with Gasteiger partial charge in [0.2, 0.25) is 0 Å². The molecule has 0 aromatic heterocycles. The van der Waals surface area contributed by atoms with E-state index >= 15 is 0 Å². The Morgan fingerprint density at radius 1 is 1.15 bits per heavy atom. The molecular formula is C20H18N2O3S. The van der Waals surface area contributed by atoms with Gasteiger partial charge in [-0.05, 0) is 61.2 Å². The lowest BCUT2D eigenvalue weighted by Gasteiger charge is -2.06. The molecule has 0 atom stereocenters. The van der Waals surface area contributed by atoms with Crippen molar-refractivity contribution in [3.8, 4) is 6.07 Å². The fraction of sp³-hybridized carbons (Fsp3) is 0.150. The van der Waals surface area contributed by atoms with Gasteiger partial charge < -0.3 is 10.1 Å². The van der Waals surface area contributed by atoms with Gasteiger partial charge in [-0.1, -0.05) is 12.1 Å². The van der Waals surface area contributed by atoms with E-state index in [1.165, 1.54) is 6.08 Å². The van der Waals surface area contributed by atoms with E-state index in [2.05, 4.69) is 5.32 Å². The molecule has 1 N–H and O–H groups in total. The SMILES string of the molecule is CCOC(=O)c1ccc(NC(=O)C(C#N)=Cc2ccc(SC)cc2)cc1. The van der Waals surface area contributed by atoms with E-state index in [1.54, 1.807) is 43.0 Å². The van der Waals surface area contributed by atoms with Crippen LogP contribution < -0.4 is 5.32 Å². The largest absolute Gasteiger partial charge is 0.462 e. The quantitative estimate of drug-likeness (QED) is 0.360. The first-order valence-corrected chi connectivity index (χ1v) is 9.14. The maximum Gasteiger partial charge on any atom is 0.338 e. The highest BCUT2D eigenvalue weighted by Crippen LogP contribution is 2.17. The third kappa shape index (κ3) is 5.23. The number of carbonyl (C=O) groups is 2. The number of nitriles is 1. The number of anilines is 1. The molecule has 132 valence electrons. The number of ether oxygens (including phenoxy) is 1. The standard InChI is InChI=1S/C20H18N2O3S/c1-3-25-20(24)15-6-8-17(9-7-15)22-19(23)16(13-21)12-14-4-10-18(26-2)11-5-14/h4-12H,3H2,1-2H3,(H,22,23). The molecule has 26 heavy (non-hydrogen) atoms. The Balaban J connectivity index is 2.10. The van der Waals surface area contributed by atoms with Crippen molar-refractivity contribution in [2.24, 2.45) is 0 Å². The van der Waals surface area contributed by atoms with Gasteiger partial charge in [-0.2, -0.15) is 5.26 Å². The van der Waals surface area contributed by atoms with Crippen LogP contribution in [0.1, 0.15) is 22.8 Å². The molecule has 2 aromatic rings. The Morgan fingerprint density at radius 2 is 1.81 bits per heavy atom. The Labute approximate surface area is 156 Å². The Hall–Kier alpha value is -3.04. The molecule has 0 fully saturated rings. The van der Waals surface area contributed by atoms with E-state index in [0.717, 1.165) is 10.5 Å². The van der Waals surface area contributed by atoms with Gasteiger partial charge in [0.1, 0.15) is 11.6 Å². The zero-order valence-corrected chi connectivity index (χ0v) is 15.3. The number of nitrogens with zero attached hydrogens (tertiary/aromatic N) is 1. The zero-order valence-electron chi connectivity index (χ0n) is 14.5. The van der Waals surface area contributed by atoms with Crippen LogP contribution in [0.3, 0.4) is 0 Å². The van der Waals surface area contributed by atoms with Crippen LogP contribution in [0.4, 0.5) is 5.69 Å². The summed E-state index contributed by atoms with van der Waals surface area (Å²) in [6.45, 7) is 2.03. The topological polar surface area (TPSA) is 79.2 Å². The van der Waals surface area contributed by atoms with Crippen LogP contribution >= 0.6 is 11.8 Å². The summed E-state index contributed by atoms with van der Waals surface area (Å²) in [5.74, 6) is -0.929. The number of benzene rings is 2. The molecule has 0 saturated heterocycles. The van der Waals surface area contributed by atoms with Gasteiger partial charge in [0.05, 0.1) is 12.2 Å². The summed E-state index contributed by atoms with van der Waals surface area (Å²) in [6, 6.07) is 15.8. The molecule has 2 rings (SSSR count). The zero-order chi connectivity index (χ0) is 18.9. The third-order valence-corrected chi connectivity index (χ3v) is 4.19. The predicted molar refractivity (Wildman–Crippen MR) is 103 cm³/mol. The summed E-state index contributed by atoms with van der Waals surface area (Å²) >= 11 is 1.62. The van der Waals surface area contributed by atoms with Crippen molar-refractivity contribution in [1.82, 2.24) is 0 Å². The summed E-state index contributed by atoms with van der Waals surface area (Å²) in [5, 5.41) is 11.9. The van der Waals surface area contributed by atoms with Crippen molar-refractivity contribution >= 4 is 35.4 Å². The number of carbonyl (C=O) groups excluding carboxylic acids is 2. The van der Waals surface area contributed by atoms with E-state index in [-0.39, 0.29) is 5.57 Å². The van der Waals surface area contributed by atoms with E-state index in [0.29, 0.717) is 17.9 Å². The van der Waals surface area contributed by atoms with E-state index in [9.17, 15) is 14.9 Å². The molecule has 6 heteroatoms. The third-order valence-electron chi connectivity index (χ3n) is 3.45. The van der Waals surface area contributed by atoms with Crippen LogP contribution in [-0.2, 0) is 9.53 Å². The highest BCUT2D eigenvalue weighted by Gasteiger charge is 2.11. The highest BCUT2D eigenvalue weighted by atomic mass is 32.2. The number of amides is 1. The summed E-state index contributed by atoms with van der Waals surface area (Å²) in [6.07, 6.45) is 3.51. The molecule has 0 saturated carbocycles. The monoisotopic (exact) mass is 366 g/mol. The molecule has 0 heterocycles. The first-order chi connectivity index (χ1) is 12.6. The average molecular weight is 366 g/mol. The first kappa shape index (κ1) is 19.3. The van der Waals surface area contributed by atoms with Gasteiger partial charge in [0.25, 0.3) is 5.91 Å². The second-order valence-electron chi connectivity index (χ2n) is 5.19. The number of esters is 1. The van der Waals surface area contributed by atoms with Crippen molar-refractivity contribution in [3.05, 3.63) is 65.2 Å². The lowest BCUT2D eigenvalue weighted by atomic mass is 10.1. The Kier molecular flexibility index (Phi) is 7.01. The van der Waals surface area contributed by atoms with Gasteiger partial charge in [-0.25, -0.2) is 4.79 Å². The lowest BCUT2D eigenvalue weighted by molar-refractivity contribution is -0.112. The number of nitrogens with one attached hydrogen (secondary N) is 1. The molecule has 0 radical (unpaired) electrons. The van der Waals surface area contributed by atoms with Crippen molar-refractivity contribution in [2.45, 2.75) is 11.8 Å². The van der Waals surface area contributed by atoms with Crippen molar-refractivity contribution in [3.63, 3.8) is 0 Å². The molecule has 0 aliphatic heterocycles. The normalized spacial score (nSPS) is 10.7. The number of rotatable bonds is 6.